The zero-order valence-electron chi connectivity index (χ0n) is 11.1. The zero-order valence-corrected chi connectivity index (χ0v) is 11.1. The normalized spacial score (nSPS) is 33.1. The first-order valence-corrected chi connectivity index (χ1v) is 7.33. The molecule has 1 aromatic rings. The standard InChI is InChI=1S/C16H24N2/c17-15-7-10-16(11-8-15)9-4-12-18(16)13-14-5-2-1-3-6-14/h1-3,5-6,15H,4,7-13,17H2. The molecule has 2 heteroatoms. The molecule has 1 saturated heterocycles. The minimum atomic E-state index is 0.454. The Morgan fingerprint density at radius 3 is 2.56 bits per heavy atom. The maximum Gasteiger partial charge on any atom is 0.0239 e. The van der Waals surface area contributed by atoms with Gasteiger partial charge in [-0.15, -0.1) is 0 Å². The second-order valence-corrected chi connectivity index (χ2v) is 6.07. The summed E-state index contributed by atoms with van der Waals surface area (Å²) in [6.07, 6.45) is 7.78. The van der Waals surface area contributed by atoms with Gasteiger partial charge in [-0.25, -0.2) is 0 Å². The van der Waals surface area contributed by atoms with E-state index in [1.165, 1.54) is 50.6 Å². The van der Waals surface area contributed by atoms with Crippen molar-refractivity contribution in [1.82, 2.24) is 4.90 Å². The van der Waals surface area contributed by atoms with E-state index < -0.39 is 0 Å². The van der Waals surface area contributed by atoms with Gasteiger partial charge in [-0.3, -0.25) is 4.90 Å². The Kier molecular flexibility index (Phi) is 3.40. The van der Waals surface area contributed by atoms with E-state index in [9.17, 15) is 0 Å². The van der Waals surface area contributed by atoms with Gasteiger partial charge in [0, 0.05) is 18.1 Å². The zero-order chi connectivity index (χ0) is 12.4. The fourth-order valence-corrected chi connectivity index (χ4v) is 3.79. The minimum Gasteiger partial charge on any atom is -0.328 e. The summed E-state index contributed by atoms with van der Waals surface area (Å²) >= 11 is 0. The molecule has 2 nitrogen and oxygen atoms in total. The molecule has 0 amide bonds. The maximum atomic E-state index is 6.07. The summed E-state index contributed by atoms with van der Waals surface area (Å²) in [5.74, 6) is 0. The molecule has 1 spiro atoms. The minimum absolute atomic E-state index is 0.454. The van der Waals surface area contributed by atoms with E-state index in [1.54, 1.807) is 0 Å². The molecule has 0 radical (unpaired) electrons. The van der Waals surface area contributed by atoms with Gasteiger partial charge in [0.1, 0.15) is 0 Å². The van der Waals surface area contributed by atoms with Gasteiger partial charge in [-0.2, -0.15) is 0 Å². The van der Waals surface area contributed by atoms with Crippen molar-refractivity contribution in [3.63, 3.8) is 0 Å². The second kappa shape index (κ2) is 5.02. The summed E-state index contributed by atoms with van der Waals surface area (Å²) < 4.78 is 0. The molecule has 3 rings (SSSR count). The number of benzene rings is 1. The van der Waals surface area contributed by atoms with Gasteiger partial charge in [0.2, 0.25) is 0 Å². The Labute approximate surface area is 110 Å². The van der Waals surface area contributed by atoms with Crippen LogP contribution in [0.4, 0.5) is 0 Å². The Morgan fingerprint density at radius 2 is 1.83 bits per heavy atom. The lowest BCUT2D eigenvalue weighted by Crippen LogP contribution is -2.48. The summed E-state index contributed by atoms with van der Waals surface area (Å²) in [6, 6.07) is 11.4. The van der Waals surface area contributed by atoms with E-state index in [4.69, 9.17) is 5.73 Å². The van der Waals surface area contributed by atoms with E-state index in [-0.39, 0.29) is 0 Å². The van der Waals surface area contributed by atoms with Crippen LogP contribution in [0.15, 0.2) is 30.3 Å². The first-order valence-electron chi connectivity index (χ1n) is 7.33. The first-order chi connectivity index (χ1) is 8.78. The fourth-order valence-electron chi connectivity index (χ4n) is 3.79. The molecule has 2 fully saturated rings. The molecule has 1 aliphatic heterocycles. The number of nitrogens with zero attached hydrogens (tertiary/aromatic N) is 1. The Balaban J connectivity index is 1.71. The summed E-state index contributed by atoms with van der Waals surface area (Å²) in [5.41, 5.74) is 8.00. The molecule has 0 bridgehead atoms. The highest BCUT2D eigenvalue weighted by molar-refractivity contribution is 5.16. The van der Waals surface area contributed by atoms with Crippen molar-refractivity contribution in [1.29, 1.82) is 0 Å². The van der Waals surface area contributed by atoms with Crippen molar-refractivity contribution < 1.29 is 0 Å². The predicted molar refractivity (Wildman–Crippen MR) is 75.3 cm³/mol. The smallest absolute Gasteiger partial charge is 0.0239 e. The van der Waals surface area contributed by atoms with Crippen LogP contribution >= 0.6 is 0 Å². The van der Waals surface area contributed by atoms with E-state index in [0.717, 1.165) is 6.54 Å². The van der Waals surface area contributed by atoms with Gasteiger partial charge in [-0.1, -0.05) is 30.3 Å². The predicted octanol–water partition coefficient (Wildman–Crippen LogP) is 2.92. The lowest BCUT2D eigenvalue weighted by molar-refractivity contribution is 0.0800. The van der Waals surface area contributed by atoms with Crippen LogP contribution in [0.1, 0.15) is 44.1 Å². The Morgan fingerprint density at radius 1 is 1.11 bits per heavy atom. The van der Waals surface area contributed by atoms with Gasteiger partial charge < -0.3 is 5.73 Å². The van der Waals surface area contributed by atoms with Crippen molar-refractivity contribution in [3.05, 3.63) is 35.9 Å². The molecule has 0 unspecified atom stereocenters. The highest BCUT2D eigenvalue weighted by Gasteiger charge is 2.42. The third kappa shape index (κ3) is 2.32. The van der Waals surface area contributed by atoms with E-state index >= 15 is 0 Å². The molecule has 2 aliphatic rings. The number of rotatable bonds is 2. The SMILES string of the molecule is NC1CCC2(CCCN2Cc2ccccc2)CC1. The number of nitrogens with two attached hydrogens (primary N) is 1. The lowest BCUT2D eigenvalue weighted by atomic mass is 9.78. The van der Waals surface area contributed by atoms with Crippen molar-refractivity contribution in [2.24, 2.45) is 5.73 Å². The van der Waals surface area contributed by atoms with Crippen LogP contribution in [0.3, 0.4) is 0 Å². The molecule has 1 saturated carbocycles. The second-order valence-electron chi connectivity index (χ2n) is 6.07. The molecule has 0 atom stereocenters. The van der Waals surface area contributed by atoms with Crippen LogP contribution in [-0.4, -0.2) is 23.0 Å². The van der Waals surface area contributed by atoms with Crippen LogP contribution in [0, 0.1) is 0 Å². The third-order valence-corrected chi connectivity index (χ3v) is 4.92. The van der Waals surface area contributed by atoms with E-state index in [1.807, 2.05) is 0 Å². The lowest BCUT2D eigenvalue weighted by Gasteiger charge is -2.43. The molecule has 1 aliphatic carbocycles. The van der Waals surface area contributed by atoms with Gasteiger partial charge in [0.05, 0.1) is 0 Å². The largest absolute Gasteiger partial charge is 0.328 e. The van der Waals surface area contributed by atoms with Gasteiger partial charge in [-0.05, 0) is 50.6 Å². The van der Waals surface area contributed by atoms with Gasteiger partial charge in [0.25, 0.3) is 0 Å². The average molecular weight is 244 g/mol. The summed E-state index contributed by atoms with van der Waals surface area (Å²) in [5, 5.41) is 0. The summed E-state index contributed by atoms with van der Waals surface area (Å²) in [6.45, 7) is 2.39. The Bertz CT molecular complexity index is 379. The number of hydrogen-bond acceptors (Lipinski definition) is 2. The Hall–Kier alpha value is -0.860. The molecule has 1 heterocycles. The highest BCUT2D eigenvalue weighted by Crippen LogP contribution is 2.41. The highest BCUT2D eigenvalue weighted by atomic mass is 15.2. The van der Waals surface area contributed by atoms with Gasteiger partial charge in [0.15, 0.2) is 0 Å². The third-order valence-electron chi connectivity index (χ3n) is 4.92. The monoisotopic (exact) mass is 244 g/mol. The summed E-state index contributed by atoms with van der Waals surface area (Å²) in [7, 11) is 0. The molecule has 0 aromatic heterocycles. The van der Waals surface area contributed by atoms with Gasteiger partial charge >= 0.3 is 0 Å². The summed E-state index contributed by atoms with van der Waals surface area (Å²) in [4.78, 5) is 2.73. The first kappa shape index (κ1) is 12.2. The topological polar surface area (TPSA) is 29.3 Å². The van der Waals surface area contributed by atoms with Crippen molar-refractivity contribution >= 4 is 0 Å². The van der Waals surface area contributed by atoms with E-state index in [0.29, 0.717) is 11.6 Å². The maximum absolute atomic E-state index is 6.07. The fraction of sp³-hybridized carbons (Fsp3) is 0.625. The number of hydrogen-bond donors (Lipinski definition) is 1. The van der Waals surface area contributed by atoms with E-state index in [2.05, 4.69) is 35.2 Å². The van der Waals surface area contributed by atoms with Crippen LogP contribution in [0.5, 0.6) is 0 Å². The molecule has 98 valence electrons. The van der Waals surface area contributed by atoms with Crippen LogP contribution in [-0.2, 0) is 6.54 Å². The van der Waals surface area contributed by atoms with Crippen LogP contribution in [0.2, 0.25) is 0 Å². The molecular weight excluding hydrogens is 220 g/mol. The molecule has 2 N–H and O–H groups in total. The van der Waals surface area contributed by atoms with Crippen molar-refractivity contribution in [3.8, 4) is 0 Å². The number of likely N-dealkylation sites (tertiary alicyclic amines) is 1. The average Bonchev–Trinajstić information content (AvgIpc) is 2.78. The quantitative estimate of drug-likeness (QED) is 0.866. The molecular formula is C16H24N2. The molecule has 1 aromatic carbocycles. The van der Waals surface area contributed by atoms with Crippen molar-refractivity contribution in [2.75, 3.05) is 6.54 Å². The van der Waals surface area contributed by atoms with Crippen LogP contribution < -0.4 is 5.73 Å². The molecule has 18 heavy (non-hydrogen) atoms. The van der Waals surface area contributed by atoms with Crippen molar-refractivity contribution in [2.45, 2.75) is 56.7 Å². The van der Waals surface area contributed by atoms with Crippen LogP contribution in [0.25, 0.3) is 0 Å².